The zero-order valence-electron chi connectivity index (χ0n) is 7.77. The fraction of sp³-hybridized carbons (Fsp3) is 0.375. The SMILES string of the molecule is CCOC(=O)OC(=O)c1nc(C)cs1. The molecule has 0 spiro atoms. The van der Waals surface area contributed by atoms with E-state index >= 15 is 0 Å². The number of hydrogen-bond acceptors (Lipinski definition) is 6. The summed E-state index contributed by atoms with van der Waals surface area (Å²) in [5.74, 6) is -0.776. The van der Waals surface area contributed by atoms with Gasteiger partial charge in [0, 0.05) is 11.1 Å². The third-order valence-electron chi connectivity index (χ3n) is 1.23. The molecule has 0 aliphatic carbocycles. The largest absolute Gasteiger partial charge is 0.516 e. The Balaban J connectivity index is 2.55. The summed E-state index contributed by atoms with van der Waals surface area (Å²) in [6.07, 6.45) is -0.995. The van der Waals surface area contributed by atoms with Crippen LogP contribution < -0.4 is 0 Å². The van der Waals surface area contributed by atoms with Crippen molar-refractivity contribution in [1.82, 2.24) is 4.98 Å². The van der Waals surface area contributed by atoms with E-state index in [4.69, 9.17) is 0 Å². The number of carbonyl (C=O) groups excluding carboxylic acids is 2. The van der Waals surface area contributed by atoms with Crippen molar-refractivity contribution < 1.29 is 19.1 Å². The predicted molar refractivity (Wildman–Crippen MR) is 49.3 cm³/mol. The van der Waals surface area contributed by atoms with Crippen molar-refractivity contribution in [2.45, 2.75) is 13.8 Å². The summed E-state index contributed by atoms with van der Waals surface area (Å²) in [6.45, 7) is 3.54. The molecule has 76 valence electrons. The zero-order chi connectivity index (χ0) is 10.6. The number of thiazole rings is 1. The number of ether oxygens (including phenoxy) is 2. The molecule has 5 nitrogen and oxygen atoms in total. The van der Waals surface area contributed by atoms with Crippen molar-refractivity contribution in [1.29, 1.82) is 0 Å². The van der Waals surface area contributed by atoms with Gasteiger partial charge in [-0.1, -0.05) is 0 Å². The Hall–Kier alpha value is -1.43. The Morgan fingerprint density at radius 3 is 2.79 bits per heavy atom. The molecule has 0 radical (unpaired) electrons. The molecule has 0 bridgehead atoms. The Kier molecular flexibility index (Phi) is 3.58. The molecule has 0 fully saturated rings. The van der Waals surface area contributed by atoms with Gasteiger partial charge >= 0.3 is 12.1 Å². The van der Waals surface area contributed by atoms with Gasteiger partial charge in [0.25, 0.3) is 0 Å². The smallest absolute Gasteiger partial charge is 0.434 e. The molecule has 1 aromatic heterocycles. The van der Waals surface area contributed by atoms with Gasteiger partial charge in [-0.15, -0.1) is 11.3 Å². The summed E-state index contributed by atoms with van der Waals surface area (Å²) < 4.78 is 8.77. The normalized spacial score (nSPS) is 9.57. The first-order valence-corrected chi connectivity index (χ1v) is 4.82. The number of rotatable bonds is 2. The van der Waals surface area contributed by atoms with E-state index in [9.17, 15) is 9.59 Å². The standard InChI is InChI=1S/C8H9NO4S/c1-3-12-8(11)13-7(10)6-9-5(2)4-14-6/h4H,3H2,1-2H3. The molecule has 1 aromatic rings. The molecular formula is C8H9NO4S. The molecule has 1 rings (SSSR count). The molecule has 0 N–H and O–H groups in total. The van der Waals surface area contributed by atoms with Crippen molar-refractivity contribution >= 4 is 23.5 Å². The molecule has 0 saturated heterocycles. The highest BCUT2D eigenvalue weighted by Crippen LogP contribution is 2.10. The van der Waals surface area contributed by atoms with Crippen LogP contribution in [0.1, 0.15) is 22.4 Å². The molecule has 0 aromatic carbocycles. The maximum Gasteiger partial charge on any atom is 0.516 e. The van der Waals surface area contributed by atoms with Gasteiger partial charge < -0.3 is 9.47 Å². The van der Waals surface area contributed by atoms with Gasteiger partial charge in [0.1, 0.15) is 0 Å². The number of aryl methyl sites for hydroxylation is 1. The maximum absolute atomic E-state index is 11.2. The molecule has 1 heterocycles. The van der Waals surface area contributed by atoms with Crippen LogP contribution in [0.3, 0.4) is 0 Å². The lowest BCUT2D eigenvalue weighted by molar-refractivity contribution is 0.0401. The minimum absolute atomic E-state index is 0.149. The third kappa shape index (κ3) is 2.81. The van der Waals surface area contributed by atoms with Gasteiger partial charge in [-0.25, -0.2) is 14.6 Å². The molecular weight excluding hydrogens is 206 g/mol. The van der Waals surface area contributed by atoms with Gasteiger partial charge in [0.2, 0.25) is 5.01 Å². The number of esters is 1. The molecule has 0 aliphatic rings. The molecule has 0 unspecified atom stereocenters. The van der Waals surface area contributed by atoms with Crippen LogP contribution in [0, 0.1) is 6.92 Å². The van der Waals surface area contributed by atoms with Gasteiger partial charge in [0.05, 0.1) is 6.61 Å². The van der Waals surface area contributed by atoms with E-state index in [1.807, 2.05) is 0 Å². The Morgan fingerprint density at radius 2 is 2.29 bits per heavy atom. The van der Waals surface area contributed by atoms with Crippen LogP contribution >= 0.6 is 11.3 Å². The van der Waals surface area contributed by atoms with Crippen LogP contribution in [-0.4, -0.2) is 23.7 Å². The lowest BCUT2D eigenvalue weighted by Gasteiger charge is -1.99. The van der Waals surface area contributed by atoms with E-state index in [2.05, 4.69) is 14.5 Å². The van der Waals surface area contributed by atoms with Crippen molar-refractivity contribution in [2.24, 2.45) is 0 Å². The van der Waals surface area contributed by atoms with Gasteiger partial charge in [-0.05, 0) is 13.8 Å². The third-order valence-corrected chi connectivity index (χ3v) is 2.17. The summed E-state index contributed by atoms with van der Waals surface area (Å²) in [7, 11) is 0. The van der Waals surface area contributed by atoms with Crippen LogP contribution in [0.15, 0.2) is 5.38 Å². The number of hydrogen-bond donors (Lipinski definition) is 0. The summed E-state index contributed by atoms with van der Waals surface area (Å²) in [6, 6.07) is 0. The van der Waals surface area contributed by atoms with Gasteiger partial charge in [0.15, 0.2) is 0 Å². The van der Waals surface area contributed by atoms with Gasteiger partial charge in [-0.3, -0.25) is 0 Å². The minimum Gasteiger partial charge on any atom is -0.434 e. The van der Waals surface area contributed by atoms with E-state index in [1.165, 1.54) is 0 Å². The van der Waals surface area contributed by atoms with Crippen molar-refractivity contribution in [3.8, 4) is 0 Å². The highest BCUT2D eigenvalue weighted by molar-refractivity contribution is 7.11. The summed E-state index contributed by atoms with van der Waals surface area (Å²) in [5.41, 5.74) is 0.714. The van der Waals surface area contributed by atoms with Crippen LogP contribution in [0.5, 0.6) is 0 Å². The van der Waals surface area contributed by atoms with E-state index in [0.29, 0.717) is 5.69 Å². The van der Waals surface area contributed by atoms with Crippen LogP contribution in [0.2, 0.25) is 0 Å². The Bertz CT molecular complexity index is 347. The van der Waals surface area contributed by atoms with Crippen molar-refractivity contribution in [2.75, 3.05) is 6.61 Å². The van der Waals surface area contributed by atoms with E-state index in [-0.39, 0.29) is 11.6 Å². The lowest BCUT2D eigenvalue weighted by atomic mass is 10.6. The lowest BCUT2D eigenvalue weighted by Crippen LogP contribution is -2.13. The monoisotopic (exact) mass is 215 g/mol. The Labute approximate surface area is 84.7 Å². The first kappa shape index (κ1) is 10.6. The molecule has 14 heavy (non-hydrogen) atoms. The Morgan fingerprint density at radius 1 is 1.57 bits per heavy atom. The summed E-state index contributed by atoms with van der Waals surface area (Å²) in [5, 5.41) is 1.84. The zero-order valence-corrected chi connectivity index (χ0v) is 8.59. The quantitative estimate of drug-likeness (QED) is 0.555. The van der Waals surface area contributed by atoms with Crippen molar-refractivity contribution in [3.05, 3.63) is 16.1 Å². The average Bonchev–Trinajstić information content (AvgIpc) is 2.52. The molecule has 0 amide bonds. The molecule has 6 heteroatoms. The first-order valence-electron chi connectivity index (χ1n) is 3.94. The summed E-state index contributed by atoms with van der Waals surface area (Å²) in [4.78, 5) is 25.8. The molecule has 0 saturated carbocycles. The highest BCUT2D eigenvalue weighted by atomic mass is 32.1. The molecule has 0 aliphatic heterocycles. The highest BCUT2D eigenvalue weighted by Gasteiger charge is 2.16. The van der Waals surface area contributed by atoms with E-state index in [0.717, 1.165) is 11.3 Å². The average molecular weight is 215 g/mol. The van der Waals surface area contributed by atoms with Gasteiger partial charge in [-0.2, -0.15) is 0 Å². The number of aromatic nitrogens is 1. The fourth-order valence-electron chi connectivity index (χ4n) is 0.714. The van der Waals surface area contributed by atoms with E-state index < -0.39 is 12.1 Å². The first-order chi connectivity index (χ1) is 6.63. The second-order valence-corrected chi connectivity index (χ2v) is 3.22. The minimum atomic E-state index is -0.995. The second-order valence-electron chi connectivity index (χ2n) is 2.37. The topological polar surface area (TPSA) is 65.5 Å². The number of carbonyl (C=O) groups is 2. The molecule has 0 atom stereocenters. The maximum atomic E-state index is 11.2. The van der Waals surface area contributed by atoms with Crippen LogP contribution in [0.25, 0.3) is 0 Å². The predicted octanol–water partition coefficient (Wildman–Crippen LogP) is 1.76. The van der Waals surface area contributed by atoms with Crippen LogP contribution in [-0.2, 0) is 9.47 Å². The second kappa shape index (κ2) is 4.71. The number of nitrogens with zero attached hydrogens (tertiary/aromatic N) is 1. The fourth-order valence-corrected chi connectivity index (χ4v) is 1.38. The van der Waals surface area contributed by atoms with Crippen molar-refractivity contribution in [3.63, 3.8) is 0 Å². The van der Waals surface area contributed by atoms with E-state index in [1.54, 1.807) is 19.2 Å². The van der Waals surface area contributed by atoms with Crippen LogP contribution in [0.4, 0.5) is 4.79 Å². The summed E-state index contributed by atoms with van der Waals surface area (Å²) >= 11 is 1.12.